The van der Waals surface area contributed by atoms with Crippen LogP contribution in [0.1, 0.15) is 22.7 Å². The predicted octanol–water partition coefficient (Wildman–Crippen LogP) is 5.35. The Kier molecular flexibility index (Phi) is 7.70. The molecule has 0 radical (unpaired) electrons. The molecule has 3 aromatic carbocycles. The lowest BCUT2D eigenvalue weighted by atomic mass is 9.88. The Bertz CT molecular complexity index is 1420. The number of hydrogen-bond acceptors (Lipinski definition) is 5. The van der Waals surface area contributed by atoms with Gasteiger partial charge in [0.15, 0.2) is 11.5 Å². The maximum atomic E-state index is 13.6. The molecule has 0 aliphatic carbocycles. The van der Waals surface area contributed by atoms with Crippen molar-refractivity contribution in [1.82, 2.24) is 15.2 Å². The predicted molar refractivity (Wildman–Crippen MR) is 146 cm³/mol. The van der Waals surface area contributed by atoms with E-state index in [1.165, 1.54) is 17.7 Å². The van der Waals surface area contributed by atoms with E-state index >= 15 is 0 Å². The first kappa shape index (κ1) is 25.5. The van der Waals surface area contributed by atoms with Gasteiger partial charge in [0.1, 0.15) is 5.82 Å². The van der Waals surface area contributed by atoms with Crippen LogP contribution in [0.5, 0.6) is 11.5 Å². The Balaban J connectivity index is 1.30. The Morgan fingerprint density at radius 2 is 1.82 bits per heavy atom. The van der Waals surface area contributed by atoms with Crippen molar-refractivity contribution in [2.45, 2.75) is 18.9 Å². The zero-order valence-corrected chi connectivity index (χ0v) is 21.5. The summed E-state index contributed by atoms with van der Waals surface area (Å²) in [4.78, 5) is 19.4. The summed E-state index contributed by atoms with van der Waals surface area (Å²) in [5.74, 6) is 1.14. The number of benzene rings is 3. The third-order valence-corrected chi connectivity index (χ3v) is 7.04. The highest BCUT2D eigenvalue weighted by molar-refractivity contribution is 6.00. The number of pyridine rings is 1. The Morgan fingerprint density at radius 3 is 2.61 bits per heavy atom. The molecule has 0 spiro atoms. The number of carbonyl (C=O) groups is 1. The summed E-state index contributed by atoms with van der Waals surface area (Å²) in [6.07, 6.45) is 3.25. The van der Waals surface area contributed by atoms with Gasteiger partial charge in [0.25, 0.3) is 0 Å². The minimum absolute atomic E-state index is 0.0398. The van der Waals surface area contributed by atoms with Gasteiger partial charge in [-0.3, -0.25) is 9.88 Å². The summed E-state index contributed by atoms with van der Waals surface area (Å²) < 4.78 is 24.7. The minimum Gasteiger partial charge on any atom is -0.493 e. The Hall–Kier alpha value is -4.17. The second-order valence-corrected chi connectivity index (χ2v) is 9.29. The molecule has 7 nitrogen and oxygen atoms in total. The second-order valence-electron chi connectivity index (χ2n) is 9.29. The molecule has 196 valence electrons. The molecule has 1 atom stereocenters. The monoisotopic (exact) mass is 514 g/mol. The summed E-state index contributed by atoms with van der Waals surface area (Å²) in [6.45, 7) is 1.95. The van der Waals surface area contributed by atoms with Crippen molar-refractivity contribution in [2.75, 3.05) is 39.2 Å². The van der Waals surface area contributed by atoms with E-state index in [0.717, 1.165) is 40.7 Å². The van der Waals surface area contributed by atoms with E-state index < -0.39 is 0 Å². The van der Waals surface area contributed by atoms with Crippen molar-refractivity contribution in [1.29, 1.82) is 0 Å². The van der Waals surface area contributed by atoms with E-state index in [0.29, 0.717) is 31.0 Å². The number of nitrogens with one attached hydrogen (secondary N) is 2. The van der Waals surface area contributed by atoms with Gasteiger partial charge in [0.2, 0.25) is 0 Å². The minimum atomic E-state index is -0.264. The fourth-order valence-corrected chi connectivity index (χ4v) is 5.11. The number of nitrogens with zero attached hydrogens (tertiary/aromatic N) is 2. The second kappa shape index (κ2) is 11.5. The molecule has 2 heterocycles. The summed E-state index contributed by atoms with van der Waals surface area (Å²) in [5.41, 5.74) is 4.95. The normalized spacial score (nSPS) is 15.1. The molecule has 0 bridgehead atoms. The molecule has 1 aromatic heterocycles. The van der Waals surface area contributed by atoms with Crippen molar-refractivity contribution in [3.63, 3.8) is 0 Å². The lowest BCUT2D eigenvalue weighted by Gasteiger charge is -2.38. The molecule has 0 fully saturated rings. The van der Waals surface area contributed by atoms with E-state index in [1.807, 2.05) is 48.5 Å². The molecule has 0 saturated heterocycles. The molecule has 1 aliphatic heterocycles. The number of para-hydroxylation sites is 1. The lowest BCUT2D eigenvalue weighted by Crippen LogP contribution is -2.42. The van der Waals surface area contributed by atoms with Gasteiger partial charge in [0.05, 0.1) is 25.4 Å². The lowest BCUT2D eigenvalue weighted by molar-refractivity contribution is 0.183. The van der Waals surface area contributed by atoms with Crippen LogP contribution < -0.4 is 20.1 Å². The van der Waals surface area contributed by atoms with E-state index in [-0.39, 0.29) is 17.9 Å². The number of halogens is 1. The number of amides is 2. The fraction of sp³-hybridized carbons (Fsp3) is 0.267. The van der Waals surface area contributed by atoms with Gasteiger partial charge in [-0.1, -0.05) is 30.3 Å². The maximum Gasteiger partial charge on any atom is 0.319 e. The van der Waals surface area contributed by atoms with Gasteiger partial charge < -0.3 is 20.1 Å². The van der Waals surface area contributed by atoms with Crippen molar-refractivity contribution >= 4 is 22.6 Å². The fourth-order valence-electron chi connectivity index (χ4n) is 5.11. The highest BCUT2D eigenvalue weighted by Crippen LogP contribution is 2.39. The molecule has 2 N–H and O–H groups in total. The molecule has 1 unspecified atom stereocenters. The van der Waals surface area contributed by atoms with Crippen molar-refractivity contribution in [3.8, 4) is 11.5 Å². The van der Waals surface area contributed by atoms with Crippen LogP contribution in [0.15, 0.2) is 72.9 Å². The number of rotatable bonds is 8. The van der Waals surface area contributed by atoms with Gasteiger partial charge in [-0.15, -0.1) is 0 Å². The number of urea groups is 1. The zero-order chi connectivity index (χ0) is 26.5. The van der Waals surface area contributed by atoms with Crippen LogP contribution in [-0.2, 0) is 12.8 Å². The highest BCUT2D eigenvalue weighted by Gasteiger charge is 2.29. The SMILES string of the molecule is COc1cc2c(cc1OC)C(Cc1ccc(F)cc1)N(CCNC(=O)Nc1ccnc3ccccc13)CC2. The highest BCUT2D eigenvalue weighted by atomic mass is 19.1. The van der Waals surface area contributed by atoms with Crippen LogP contribution in [0.25, 0.3) is 10.9 Å². The van der Waals surface area contributed by atoms with Crippen LogP contribution in [0.3, 0.4) is 0 Å². The average Bonchev–Trinajstić information content (AvgIpc) is 2.94. The van der Waals surface area contributed by atoms with Crippen LogP contribution in [0.2, 0.25) is 0 Å². The molecule has 2 amide bonds. The Morgan fingerprint density at radius 1 is 1.05 bits per heavy atom. The van der Waals surface area contributed by atoms with Crippen LogP contribution in [0, 0.1) is 5.82 Å². The van der Waals surface area contributed by atoms with Gasteiger partial charge in [0, 0.05) is 37.3 Å². The van der Waals surface area contributed by atoms with E-state index in [1.54, 1.807) is 26.5 Å². The number of carbonyl (C=O) groups excluding carboxylic acids is 1. The Labute approximate surface area is 221 Å². The third kappa shape index (κ3) is 5.55. The topological polar surface area (TPSA) is 75.7 Å². The van der Waals surface area contributed by atoms with Gasteiger partial charge >= 0.3 is 6.03 Å². The number of ether oxygens (including phenoxy) is 2. The first-order valence-corrected chi connectivity index (χ1v) is 12.7. The summed E-state index contributed by atoms with van der Waals surface area (Å²) in [7, 11) is 3.27. The molecular formula is C30H31FN4O3. The first-order chi connectivity index (χ1) is 18.6. The van der Waals surface area contributed by atoms with Crippen molar-refractivity contribution in [3.05, 3.63) is 95.4 Å². The molecule has 1 aliphatic rings. The molecule has 8 heteroatoms. The molecule has 0 saturated carbocycles. The number of hydrogen-bond donors (Lipinski definition) is 2. The first-order valence-electron chi connectivity index (χ1n) is 12.7. The van der Waals surface area contributed by atoms with Crippen LogP contribution in [0.4, 0.5) is 14.9 Å². The van der Waals surface area contributed by atoms with Crippen molar-refractivity contribution < 1.29 is 18.7 Å². The smallest absolute Gasteiger partial charge is 0.319 e. The number of anilines is 1. The van der Waals surface area contributed by atoms with Crippen LogP contribution >= 0.6 is 0 Å². The van der Waals surface area contributed by atoms with Gasteiger partial charge in [-0.2, -0.15) is 0 Å². The quantitative estimate of drug-likeness (QED) is 0.331. The van der Waals surface area contributed by atoms with E-state index in [4.69, 9.17) is 9.47 Å². The number of methoxy groups -OCH3 is 2. The zero-order valence-electron chi connectivity index (χ0n) is 21.5. The number of aromatic nitrogens is 1. The molecule has 4 aromatic rings. The maximum absolute atomic E-state index is 13.6. The largest absolute Gasteiger partial charge is 0.493 e. The third-order valence-electron chi connectivity index (χ3n) is 7.04. The summed E-state index contributed by atoms with van der Waals surface area (Å²) in [5, 5.41) is 6.83. The average molecular weight is 515 g/mol. The molecule has 38 heavy (non-hydrogen) atoms. The summed E-state index contributed by atoms with van der Waals surface area (Å²) >= 11 is 0. The van der Waals surface area contributed by atoms with Gasteiger partial charge in [-0.05, 0) is 65.9 Å². The molecule has 5 rings (SSSR count). The van der Waals surface area contributed by atoms with Crippen LogP contribution in [-0.4, -0.2) is 49.8 Å². The molecular weight excluding hydrogens is 483 g/mol. The summed E-state index contributed by atoms with van der Waals surface area (Å²) in [6, 6.07) is 20.0. The van der Waals surface area contributed by atoms with E-state index in [9.17, 15) is 9.18 Å². The van der Waals surface area contributed by atoms with Crippen molar-refractivity contribution in [2.24, 2.45) is 0 Å². The van der Waals surface area contributed by atoms with E-state index in [2.05, 4.69) is 20.5 Å². The van der Waals surface area contributed by atoms with Gasteiger partial charge in [-0.25, -0.2) is 9.18 Å². The number of fused-ring (bicyclic) bond motifs is 2. The standard InChI is InChI=1S/C30H31FN4O3/c1-37-28-18-21-12-15-35(27(24(21)19-29(28)38-2)17-20-7-9-22(31)10-8-20)16-14-33-30(36)34-26-11-13-32-25-6-4-3-5-23(25)26/h3-11,13,18-19,27H,12,14-17H2,1-2H3,(H2,32,33,34,36).